The van der Waals surface area contributed by atoms with Gasteiger partial charge in [-0.2, -0.15) is 0 Å². The third kappa shape index (κ3) is 3.27. The average molecular weight is 314 g/mol. The number of ether oxygens (including phenoxy) is 1. The van der Waals surface area contributed by atoms with Crippen molar-refractivity contribution >= 4 is 0 Å². The maximum atomic E-state index is 6.35. The summed E-state index contributed by atoms with van der Waals surface area (Å²) in [4.78, 5) is 2.85. The molecule has 0 spiro atoms. The zero-order chi connectivity index (χ0) is 15.6. The van der Waals surface area contributed by atoms with Gasteiger partial charge >= 0.3 is 0 Å². The molecule has 3 nitrogen and oxygen atoms in total. The number of rotatable bonds is 4. The van der Waals surface area contributed by atoms with Crippen LogP contribution in [0.4, 0.5) is 0 Å². The lowest BCUT2D eigenvalue weighted by Gasteiger charge is -2.35. The van der Waals surface area contributed by atoms with Gasteiger partial charge in [-0.3, -0.25) is 4.90 Å². The molecule has 1 saturated heterocycles. The van der Waals surface area contributed by atoms with Crippen LogP contribution >= 0.6 is 0 Å². The molecule has 3 atom stereocenters. The minimum atomic E-state index is 0.406. The van der Waals surface area contributed by atoms with E-state index in [1.807, 2.05) is 0 Å². The smallest absolute Gasteiger partial charge is 0.119 e. The molecule has 23 heavy (non-hydrogen) atoms. The van der Waals surface area contributed by atoms with E-state index in [0.717, 1.165) is 23.8 Å². The summed E-state index contributed by atoms with van der Waals surface area (Å²) in [5, 5.41) is 0. The van der Waals surface area contributed by atoms with Crippen molar-refractivity contribution < 1.29 is 4.74 Å². The standard InChI is InChI=1S/C20H30N2O/c21-13-15-6-9-19(10-7-15)23-20-11-8-18-12-16(20)14-22(18)17-4-2-1-3-5-17/h6-7,9-10,16-18,20H,1-5,8,11-14,21H2. The Labute approximate surface area is 140 Å². The van der Waals surface area contributed by atoms with Gasteiger partial charge in [0, 0.05) is 31.1 Å². The van der Waals surface area contributed by atoms with E-state index < -0.39 is 0 Å². The summed E-state index contributed by atoms with van der Waals surface area (Å²) < 4.78 is 6.35. The first-order valence-electron chi connectivity index (χ1n) is 9.55. The molecule has 1 aliphatic heterocycles. The van der Waals surface area contributed by atoms with Crippen molar-refractivity contribution in [1.82, 2.24) is 4.90 Å². The van der Waals surface area contributed by atoms with Crippen LogP contribution in [-0.2, 0) is 6.54 Å². The first kappa shape index (κ1) is 15.5. The topological polar surface area (TPSA) is 38.5 Å². The molecule has 126 valence electrons. The highest BCUT2D eigenvalue weighted by Gasteiger charge is 2.44. The average Bonchev–Trinajstić information content (AvgIpc) is 2.97. The SMILES string of the molecule is NCc1ccc(OC2CCC3CC2CN3C2CCCCC2)cc1. The lowest BCUT2D eigenvalue weighted by molar-refractivity contribution is 0.111. The lowest BCUT2D eigenvalue weighted by Crippen LogP contribution is -2.39. The van der Waals surface area contributed by atoms with E-state index in [0.29, 0.717) is 12.6 Å². The Kier molecular flexibility index (Phi) is 4.59. The fourth-order valence-electron chi connectivity index (χ4n) is 5.02. The molecule has 0 radical (unpaired) electrons. The predicted molar refractivity (Wildman–Crippen MR) is 93.5 cm³/mol. The summed E-state index contributed by atoms with van der Waals surface area (Å²) in [6.45, 7) is 1.87. The third-order valence-electron chi connectivity index (χ3n) is 6.29. The van der Waals surface area contributed by atoms with Gasteiger partial charge in [-0.05, 0) is 49.8 Å². The van der Waals surface area contributed by atoms with Crippen molar-refractivity contribution in [3.8, 4) is 5.75 Å². The van der Waals surface area contributed by atoms with Gasteiger partial charge in [0.1, 0.15) is 11.9 Å². The van der Waals surface area contributed by atoms with E-state index in [9.17, 15) is 0 Å². The normalized spacial score (nSPS) is 32.1. The second kappa shape index (κ2) is 6.82. The van der Waals surface area contributed by atoms with Crippen molar-refractivity contribution in [3.05, 3.63) is 29.8 Å². The van der Waals surface area contributed by atoms with Crippen molar-refractivity contribution in [2.75, 3.05) is 6.54 Å². The molecule has 4 rings (SSSR count). The second-order valence-corrected chi connectivity index (χ2v) is 7.72. The summed E-state index contributed by atoms with van der Waals surface area (Å²) >= 11 is 0. The third-order valence-corrected chi connectivity index (χ3v) is 6.29. The Morgan fingerprint density at radius 1 is 0.957 bits per heavy atom. The van der Waals surface area contributed by atoms with Crippen LogP contribution in [-0.4, -0.2) is 29.6 Å². The van der Waals surface area contributed by atoms with Crippen molar-refractivity contribution in [2.24, 2.45) is 11.7 Å². The molecule has 1 aromatic carbocycles. The zero-order valence-electron chi connectivity index (χ0n) is 14.1. The van der Waals surface area contributed by atoms with Gasteiger partial charge in [0.25, 0.3) is 0 Å². The van der Waals surface area contributed by atoms with Crippen LogP contribution in [0, 0.1) is 5.92 Å². The molecule has 0 aromatic heterocycles. The summed E-state index contributed by atoms with van der Waals surface area (Å²) in [5.74, 6) is 1.74. The first-order valence-corrected chi connectivity index (χ1v) is 9.55. The molecule has 2 N–H and O–H groups in total. The van der Waals surface area contributed by atoms with Crippen LogP contribution in [0.1, 0.15) is 56.9 Å². The maximum Gasteiger partial charge on any atom is 0.119 e. The Bertz CT molecular complexity index is 509. The molecular weight excluding hydrogens is 284 g/mol. The fourth-order valence-corrected chi connectivity index (χ4v) is 5.02. The minimum Gasteiger partial charge on any atom is -0.490 e. The van der Waals surface area contributed by atoms with Crippen LogP contribution in [0.3, 0.4) is 0 Å². The molecule has 3 aliphatic rings. The number of benzene rings is 1. The fraction of sp³-hybridized carbons (Fsp3) is 0.700. The summed E-state index contributed by atoms with van der Waals surface area (Å²) in [5.41, 5.74) is 6.84. The Morgan fingerprint density at radius 2 is 1.74 bits per heavy atom. The largest absolute Gasteiger partial charge is 0.490 e. The van der Waals surface area contributed by atoms with Crippen LogP contribution in [0.5, 0.6) is 5.75 Å². The summed E-state index contributed by atoms with van der Waals surface area (Å²) in [6.07, 6.45) is 11.5. The van der Waals surface area contributed by atoms with E-state index in [1.54, 1.807) is 0 Å². The molecule has 3 unspecified atom stereocenters. The molecule has 0 amide bonds. The van der Waals surface area contributed by atoms with Gasteiger partial charge in [-0.1, -0.05) is 31.4 Å². The van der Waals surface area contributed by atoms with E-state index in [1.165, 1.54) is 63.5 Å². The van der Waals surface area contributed by atoms with Crippen molar-refractivity contribution in [1.29, 1.82) is 0 Å². The number of hydrogen-bond acceptors (Lipinski definition) is 3. The number of hydrogen-bond donors (Lipinski definition) is 1. The van der Waals surface area contributed by atoms with Gasteiger partial charge in [0.15, 0.2) is 0 Å². The molecule has 3 heteroatoms. The molecule has 1 heterocycles. The van der Waals surface area contributed by atoms with Gasteiger partial charge in [-0.25, -0.2) is 0 Å². The molecule has 1 aromatic rings. The predicted octanol–water partition coefficient (Wildman–Crippen LogP) is 3.71. The Balaban J connectivity index is 1.38. The van der Waals surface area contributed by atoms with Crippen molar-refractivity contribution in [3.63, 3.8) is 0 Å². The van der Waals surface area contributed by atoms with E-state index >= 15 is 0 Å². The van der Waals surface area contributed by atoms with E-state index in [4.69, 9.17) is 10.5 Å². The summed E-state index contributed by atoms with van der Waals surface area (Å²) in [7, 11) is 0. The molecule has 3 fully saturated rings. The lowest BCUT2D eigenvalue weighted by atomic mass is 9.87. The Hall–Kier alpha value is -1.06. The highest BCUT2D eigenvalue weighted by Crippen LogP contribution is 2.41. The number of nitrogens with two attached hydrogens (primary N) is 1. The van der Waals surface area contributed by atoms with Gasteiger partial charge in [0.2, 0.25) is 0 Å². The number of likely N-dealkylation sites (tertiary alicyclic amines) is 1. The zero-order valence-corrected chi connectivity index (χ0v) is 14.1. The first-order chi connectivity index (χ1) is 11.3. The Morgan fingerprint density at radius 3 is 2.48 bits per heavy atom. The van der Waals surface area contributed by atoms with Crippen LogP contribution in [0.25, 0.3) is 0 Å². The monoisotopic (exact) mass is 314 g/mol. The van der Waals surface area contributed by atoms with E-state index in [-0.39, 0.29) is 0 Å². The number of fused-ring (bicyclic) bond motifs is 2. The van der Waals surface area contributed by atoms with Crippen molar-refractivity contribution in [2.45, 2.75) is 76.1 Å². The van der Waals surface area contributed by atoms with Gasteiger partial charge in [-0.15, -0.1) is 0 Å². The van der Waals surface area contributed by atoms with Crippen LogP contribution < -0.4 is 10.5 Å². The molecule has 2 bridgehead atoms. The maximum absolute atomic E-state index is 6.35. The quantitative estimate of drug-likeness (QED) is 0.921. The second-order valence-electron chi connectivity index (χ2n) is 7.72. The van der Waals surface area contributed by atoms with E-state index in [2.05, 4.69) is 29.2 Å². The highest BCUT2D eigenvalue weighted by molar-refractivity contribution is 5.27. The minimum absolute atomic E-state index is 0.406. The van der Waals surface area contributed by atoms with Crippen LogP contribution in [0.2, 0.25) is 0 Å². The molecular formula is C20H30N2O. The molecule has 2 saturated carbocycles. The highest BCUT2D eigenvalue weighted by atomic mass is 16.5. The molecule has 2 aliphatic carbocycles. The number of nitrogens with zero attached hydrogens (tertiary/aromatic N) is 1. The van der Waals surface area contributed by atoms with Crippen LogP contribution in [0.15, 0.2) is 24.3 Å². The summed E-state index contributed by atoms with van der Waals surface area (Å²) in [6, 6.07) is 10.0. The van der Waals surface area contributed by atoms with Gasteiger partial charge < -0.3 is 10.5 Å². The van der Waals surface area contributed by atoms with Gasteiger partial charge in [0.05, 0.1) is 0 Å².